The van der Waals surface area contributed by atoms with Crippen LogP contribution in [-0.4, -0.2) is 41.1 Å². The molecule has 0 aliphatic carbocycles. The number of carbonyl (C=O) groups excluding carboxylic acids is 1. The van der Waals surface area contributed by atoms with Crippen LogP contribution >= 0.6 is 11.6 Å². The van der Waals surface area contributed by atoms with Crippen LogP contribution < -0.4 is 9.47 Å². The van der Waals surface area contributed by atoms with Crippen molar-refractivity contribution in [2.45, 2.75) is 31.9 Å². The van der Waals surface area contributed by atoms with Crippen molar-refractivity contribution in [3.63, 3.8) is 0 Å². The van der Waals surface area contributed by atoms with E-state index < -0.39 is 29.8 Å². The summed E-state index contributed by atoms with van der Waals surface area (Å²) in [4.78, 5) is 25.9. The number of carboxylic acids is 1. The highest BCUT2D eigenvalue weighted by Gasteiger charge is 2.38. The van der Waals surface area contributed by atoms with E-state index in [1.54, 1.807) is 24.3 Å². The molecule has 0 aromatic heterocycles. The van der Waals surface area contributed by atoms with Gasteiger partial charge in [0.1, 0.15) is 23.8 Å². The average Bonchev–Trinajstić information content (AvgIpc) is 3.16. The van der Waals surface area contributed by atoms with Crippen molar-refractivity contribution in [3.8, 4) is 11.5 Å². The summed E-state index contributed by atoms with van der Waals surface area (Å²) >= 11 is 6.11. The molecule has 3 aromatic carbocycles. The van der Waals surface area contributed by atoms with Crippen molar-refractivity contribution in [1.82, 2.24) is 4.90 Å². The van der Waals surface area contributed by atoms with E-state index in [4.69, 9.17) is 21.1 Å². The largest absolute Gasteiger partial charge is 0.493 e. The average molecular weight is 516 g/mol. The lowest BCUT2D eigenvalue weighted by atomic mass is 9.91. The van der Waals surface area contributed by atoms with Gasteiger partial charge in [0.25, 0.3) is 5.91 Å². The summed E-state index contributed by atoms with van der Waals surface area (Å²) in [5.41, 5.74) is 0.537. The molecule has 188 valence electrons. The zero-order valence-corrected chi connectivity index (χ0v) is 20.4. The molecule has 3 aromatic rings. The molecule has 0 radical (unpaired) electrons. The van der Waals surface area contributed by atoms with Gasteiger partial charge in [-0.25, -0.2) is 8.78 Å². The van der Waals surface area contributed by atoms with Gasteiger partial charge >= 0.3 is 5.97 Å². The van der Waals surface area contributed by atoms with Gasteiger partial charge in [0, 0.05) is 34.6 Å². The fourth-order valence-electron chi connectivity index (χ4n) is 4.43. The normalized spacial score (nSPS) is 16.2. The minimum Gasteiger partial charge on any atom is -0.493 e. The van der Waals surface area contributed by atoms with E-state index in [1.807, 2.05) is 6.92 Å². The first-order valence-corrected chi connectivity index (χ1v) is 11.6. The molecule has 0 unspecified atom stereocenters. The molecule has 1 atom stereocenters. The van der Waals surface area contributed by atoms with Gasteiger partial charge in [0.05, 0.1) is 13.7 Å². The molecule has 0 saturated heterocycles. The van der Waals surface area contributed by atoms with Crippen molar-refractivity contribution >= 4 is 23.5 Å². The molecular formula is C27H24ClF2NO5. The Bertz CT molecular complexity index is 1310. The quantitative estimate of drug-likeness (QED) is 0.441. The Morgan fingerprint density at radius 2 is 1.86 bits per heavy atom. The molecule has 0 bridgehead atoms. The van der Waals surface area contributed by atoms with Crippen LogP contribution in [0.1, 0.15) is 34.0 Å². The second kappa shape index (κ2) is 10.1. The second-order valence-electron chi connectivity index (χ2n) is 8.92. The third-order valence-electron chi connectivity index (χ3n) is 6.06. The van der Waals surface area contributed by atoms with E-state index >= 15 is 0 Å². The van der Waals surface area contributed by atoms with Gasteiger partial charge in [-0.05, 0) is 42.8 Å². The van der Waals surface area contributed by atoms with E-state index in [-0.39, 0.29) is 40.7 Å². The van der Waals surface area contributed by atoms with E-state index in [0.29, 0.717) is 23.3 Å². The molecule has 1 aliphatic heterocycles. The molecular weight excluding hydrogens is 492 g/mol. The Labute approximate surface area is 212 Å². The number of aliphatic carboxylic acids is 1. The van der Waals surface area contributed by atoms with E-state index in [0.717, 1.165) is 4.90 Å². The molecule has 1 aliphatic rings. The van der Waals surface area contributed by atoms with Gasteiger partial charge in [-0.2, -0.15) is 0 Å². The number of hydrogen-bond donors (Lipinski definition) is 1. The number of methoxy groups -OCH3 is 1. The van der Waals surface area contributed by atoms with Crippen LogP contribution in [0.25, 0.3) is 0 Å². The number of halogens is 3. The van der Waals surface area contributed by atoms with Gasteiger partial charge in [-0.3, -0.25) is 9.59 Å². The first kappa shape index (κ1) is 25.4. The Morgan fingerprint density at radius 1 is 1.14 bits per heavy atom. The van der Waals surface area contributed by atoms with Crippen molar-refractivity contribution in [3.05, 3.63) is 93.5 Å². The molecule has 1 heterocycles. The van der Waals surface area contributed by atoms with Crippen LogP contribution in [0, 0.1) is 11.6 Å². The summed E-state index contributed by atoms with van der Waals surface area (Å²) in [5.74, 6) is -2.15. The maximum absolute atomic E-state index is 14.4. The highest BCUT2D eigenvalue weighted by molar-refractivity contribution is 6.31. The first-order valence-electron chi connectivity index (χ1n) is 11.2. The van der Waals surface area contributed by atoms with Crippen LogP contribution in [0.2, 0.25) is 5.02 Å². The minimum absolute atomic E-state index is 0.0164. The van der Waals surface area contributed by atoms with E-state index in [2.05, 4.69) is 0 Å². The number of amides is 1. The van der Waals surface area contributed by atoms with E-state index in [9.17, 15) is 23.5 Å². The standard InChI is InChI=1S/C27H24ClF2NO5/c1-27(12-16-6-3-4-8-21(16)29)13-18-10-17(11-23(35-2)25(18)36-27)26(34)31(15-24(32)33)14-19-20(28)7-5-9-22(19)30/h3-11H,12-15H2,1-2H3,(H,32,33)/t27-/m1/s1. The van der Waals surface area contributed by atoms with Crippen LogP contribution in [0.4, 0.5) is 8.78 Å². The molecule has 1 amide bonds. The number of hydrogen-bond acceptors (Lipinski definition) is 4. The van der Waals surface area contributed by atoms with Gasteiger partial charge in [-0.1, -0.05) is 35.9 Å². The fourth-order valence-corrected chi connectivity index (χ4v) is 4.65. The number of carbonyl (C=O) groups is 2. The number of fused-ring (bicyclic) bond motifs is 1. The van der Waals surface area contributed by atoms with E-state index in [1.165, 1.54) is 37.4 Å². The number of carboxylic acid groups (broad SMARTS) is 1. The van der Waals surface area contributed by atoms with Crippen molar-refractivity contribution in [2.24, 2.45) is 0 Å². The number of benzene rings is 3. The molecule has 4 rings (SSSR count). The lowest BCUT2D eigenvalue weighted by Gasteiger charge is -2.24. The maximum atomic E-state index is 14.4. The topological polar surface area (TPSA) is 76.1 Å². The smallest absolute Gasteiger partial charge is 0.323 e. The number of nitrogens with zero attached hydrogens (tertiary/aromatic N) is 1. The molecule has 0 saturated carbocycles. The van der Waals surface area contributed by atoms with Gasteiger partial charge in [0.15, 0.2) is 11.5 Å². The van der Waals surface area contributed by atoms with Gasteiger partial charge in [-0.15, -0.1) is 0 Å². The molecule has 0 spiro atoms. The van der Waals surface area contributed by atoms with Crippen LogP contribution in [0.5, 0.6) is 11.5 Å². The Balaban J connectivity index is 1.65. The minimum atomic E-state index is -1.26. The summed E-state index contributed by atoms with van der Waals surface area (Å²) in [6, 6.07) is 13.6. The Hall–Kier alpha value is -3.65. The highest BCUT2D eigenvalue weighted by Crippen LogP contribution is 2.44. The predicted molar refractivity (Wildman–Crippen MR) is 130 cm³/mol. The lowest BCUT2D eigenvalue weighted by molar-refractivity contribution is -0.137. The fraction of sp³-hybridized carbons (Fsp3) is 0.259. The molecule has 6 nitrogen and oxygen atoms in total. The summed E-state index contributed by atoms with van der Waals surface area (Å²) in [7, 11) is 1.42. The monoisotopic (exact) mass is 515 g/mol. The highest BCUT2D eigenvalue weighted by atomic mass is 35.5. The Kier molecular flexibility index (Phi) is 7.17. The van der Waals surface area contributed by atoms with Crippen LogP contribution in [0.3, 0.4) is 0 Å². The summed E-state index contributed by atoms with van der Waals surface area (Å²) < 4.78 is 40.3. The van der Waals surface area contributed by atoms with Crippen molar-refractivity contribution in [2.75, 3.05) is 13.7 Å². The van der Waals surface area contributed by atoms with Gasteiger partial charge in [0.2, 0.25) is 0 Å². The second-order valence-corrected chi connectivity index (χ2v) is 9.33. The maximum Gasteiger partial charge on any atom is 0.323 e. The third-order valence-corrected chi connectivity index (χ3v) is 6.41. The lowest BCUT2D eigenvalue weighted by Crippen LogP contribution is -2.35. The van der Waals surface area contributed by atoms with Crippen molar-refractivity contribution in [1.29, 1.82) is 0 Å². The zero-order chi connectivity index (χ0) is 26.0. The van der Waals surface area contributed by atoms with Crippen molar-refractivity contribution < 1.29 is 33.0 Å². The number of rotatable bonds is 8. The van der Waals surface area contributed by atoms with Crippen LogP contribution in [-0.2, 0) is 24.2 Å². The first-order chi connectivity index (χ1) is 17.1. The molecule has 9 heteroatoms. The SMILES string of the molecule is COc1cc(C(=O)N(CC(=O)O)Cc2c(F)cccc2Cl)cc2c1O[C@](C)(Cc1ccccc1F)C2. The molecule has 0 fully saturated rings. The summed E-state index contributed by atoms with van der Waals surface area (Å²) in [6.07, 6.45) is 0.657. The molecule has 36 heavy (non-hydrogen) atoms. The predicted octanol–water partition coefficient (Wildman–Crippen LogP) is 5.29. The summed E-state index contributed by atoms with van der Waals surface area (Å²) in [6.45, 7) is 0.846. The third kappa shape index (κ3) is 5.28. The summed E-state index contributed by atoms with van der Waals surface area (Å²) in [5, 5.41) is 9.47. The molecule has 1 N–H and O–H groups in total. The zero-order valence-electron chi connectivity index (χ0n) is 19.7. The number of ether oxygens (including phenoxy) is 2. The van der Waals surface area contributed by atoms with Gasteiger partial charge < -0.3 is 19.5 Å². The van der Waals surface area contributed by atoms with Crippen LogP contribution in [0.15, 0.2) is 54.6 Å². The Morgan fingerprint density at radius 3 is 2.53 bits per heavy atom.